The van der Waals surface area contributed by atoms with Gasteiger partial charge in [-0.05, 0) is 30.2 Å². The monoisotopic (exact) mass is 354 g/mol. The van der Waals surface area contributed by atoms with Gasteiger partial charge >= 0.3 is 5.69 Å². The van der Waals surface area contributed by atoms with Crippen LogP contribution in [0, 0.1) is 0 Å². The highest BCUT2D eigenvalue weighted by Crippen LogP contribution is 2.19. The quantitative estimate of drug-likeness (QED) is 0.722. The molecule has 3 aromatic rings. The molecule has 8 heteroatoms. The van der Waals surface area contributed by atoms with Crippen molar-refractivity contribution >= 4 is 22.8 Å². The number of nitrogens with one attached hydrogen (secondary N) is 1. The molecule has 26 heavy (non-hydrogen) atoms. The topological polar surface area (TPSA) is 88.2 Å². The smallest absolute Gasteiger partial charge is 0.328 e. The fraction of sp³-hybridized carbons (Fsp3) is 0.389. The van der Waals surface area contributed by atoms with Gasteiger partial charge in [-0.25, -0.2) is 9.78 Å². The van der Waals surface area contributed by atoms with Gasteiger partial charge in [0, 0.05) is 39.9 Å². The van der Waals surface area contributed by atoms with Gasteiger partial charge in [-0.2, -0.15) is 4.98 Å². The Kier molecular flexibility index (Phi) is 4.12. The Labute approximate surface area is 150 Å². The predicted molar refractivity (Wildman–Crippen MR) is 100 cm³/mol. The van der Waals surface area contributed by atoms with Crippen LogP contribution >= 0.6 is 0 Å². The van der Waals surface area contributed by atoms with Gasteiger partial charge in [-0.15, -0.1) is 0 Å². The summed E-state index contributed by atoms with van der Waals surface area (Å²) in [5.41, 5.74) is 2.82. The van der Waals surface area contributed by atoms with Gasteiger partial charge < -0.3 is 15.3 Å². The van der Waals surface area contributed by atoms with Gasteiger partial charge in [0.25, 0.3) is 0 Å². The third kappa shape index (κ3) is 2.92. The predicted octanol–water partition coefficient (Wildman–Crippen LogP) is 0.850. The zero-order chi connectivity index (χ0) is 18.3. The van der Waals surface area contributed by atoms with E-state index < -0.39 is 0 Å². The van der Waals surface area contributed by atoms with E-state index in [4.69, 9.17) is 0 Å². The van der Waals surface area contributed by atoms with Gasteiger partial charge in [0.05, 0.1) is 17.1 Å². The number of hydrogen-bond donors (Lipinski definition) is 2. The summed E-state index contributed by atoms with van der Waals surface area (Å²) in [6.07, 6.45) is 2.20. The number of fused-ring (bicyclic) bond motifs is 1. The van der Waals surface area contributed by atoms with Crippen LogP contribution in [0.25, 0.3) is 11.0 Å². The molecule has 4 rings (SSSR count). The van der Waals surface area contributed by atoms with Crippen molar-refractivity contribution in [3.05, 3.63) is 46.5 Å². The van der Waals surface area contributed by atoms with Crippen LogP contribution in [0.3, 0.4) is 0 Å². The molecule has 0 unspecified atom stereocenters. The van der Waals surface area contributed by atoms with E-state index in [2.05, 4.69) is 20.2 Å². The number of hydrogen-bond acceptors (Lipinski definition) is 6. The first kappa shape index (κ1) is 16.6. The lowest BCUT2D eigenvalue weighted by molar-refractivity contribution is 0.198. The minimum Gasteiger partial charge on any atom is -0.391 e. The van der Waals surface area contributed by atoms with Gasteiger partial charge in [0.2, 0.25) is 5.95 Å². The molecular formula is C18H22N6O2. The molecule has 1 atom stereocenters. The number of aliphatic hydroxyl groups excluding tert-OH is 1. The van der Waals surface area contributed by atoms with E-state index in [1.165, 1.54) is 0 Å². The van der Waals surface area contributed by atoms with E-state index >= 15 is 0 Å². The normalized spacial score (nSPS) is 17.2. The molecule has 8 nitrogen and oxygen atoms in total. The average Bonchev–Trinajstić information content (AvgIpc) is 3.18. The molecule has 0 bridgehead atoms. The van der Waals surface area contributed by atoms with Crippen LogP contribution in [0.15, 0.2) is 35.3 Å². The zero-order valence-corrected chi connectivity index (χ0v) is 14.9. The number of rotatable bonds is 4. The fourth-order valence-electron chi connectivity index (χ4n) is 3.40. The van der Waals surface area contributed by atoms with Crippen LogP contribution in [0.2, 0.25) is 0 Å². The van der Waals surface area contributed by atoms with Crippen LogP contribution < -0.4 is 15.9 Å². The van der Waals surface area contributed by atoms with Crippen molar-refractivity contribution in [3.63, 3.8) is 0 Å². The Morgan fingerprint density at radius 1 is 1.23 bits per heavy atom. The summed E-state index contributed by atoms with van der Waals surface area (Å²) in [6, 6.07) is 7.81. The lowest BCUT2D eigenvalue weighted by Crippen LogP contribution is -2.22. The van der Waals surface area contributed by atoms with E-state index in [1.54, 1.807) is 29.4 Å². The van der Waals surface area contributed by atoms with Crippen LogP contribution in [0.1, 0.15) is 12.0 Å². The Morgan fingerprint density at radius 3 is 2.81 bits per heavy atom. The van der Waals surface area contributed by atoms with E-state index in [9.17, 15) is 9.90 Å². The van der Waals surface area contributed by atoms with Gasteiger partial charge in [-0.3, -0.25) is 9.13 Å². The molecule has 0 spiro atoms. The van der Waals surface area contributed by atoms with Crippen molar-refractivity contribution in [1.82, 2.24) is 19.1 Å². The largest absolute Gasteiger partial charge is 0.391 e. The van der Waals surface area contributed by atoms with Crippen molar-refractivity contribution in [1.29, 1.82) is 0 Å². The van der Waals surface area contributed by atoms with Crippen LogP contribution in [0.4, 0.5) is 11.8 Å². The first-order valence-corrected chi connectivity index (χ1v) is 8.67. The second-order valence-electron chi connectivity index (χ2n) is 6.70. The number of β-amino-alcohol motifs (C(OH)–C–C–N with tert-alkyl or cyclic N) is 1. The molecule has 1 aliphatic heterocycles. The number of aryl methyl sites for hydroxylation is 2. The first-order chi connectivity index (χ1) is 12.5. The maximum atomic E-state index is 12.0. The molecule has 1 fully saturated rings. The highest BCUT2D eigenvalue weighted by atomic mass is 16.3. The lowest BCUT2D eigenvalue weighted by Gasteiger charge is -2.17. The molecule has 0 amide bonds. The minimum absolute atomic E-state index is 0.0334. The average molecular weight is 354 g/mol. The number of anilines is 2. The Bertz CT molecular complexity index is 1010. The summed E-state index contributed by atoms with van der Waals surface area (Å²) in [7, 11) is 3.55. The fourth-order valence-corrected chi connectivity index (χ4v) is 3.40. The highest BCUT2D eigenvalue weighted by Gasteiger charge is 2.21. The summed E-state index contributed by atoms with van der Waals surface area (Å²) < 4.78 is 3.29. The maximum absolute atomic E-state index is 12.0. The first-order valence-electron chi connectivity index (χ1n) is 8.67. The van der Waals surface area contributed by atoms with E-state index in [-0.39, 0.29) is 11.8 Å². The second kappa shape index (κ2) is 6.45. The van der Waals surface area contributed by atoms with Gasteiger partial charge in [0.1, 0.15) is 5.82 Å². The molecule has 1 saturated heterocycles. The molecule has 0 saturated carbocycles. The molecule has 1 aromatic carbocycles. The van der Waals surface area contributed by atoms with Crippen molar-refractivity contribution in [2.45, 2.75) is 19.1 Å². The standard InChI is InChI=1S/C18H22N6O2/c1-22-14-4-3-12(9-15(14)23(2)18(22)26)10-20-17-19-7-5-16(21-17)24-8-6-13(25)11-24/h3-5,7,9,13,25H,6,8,10-11H2,1-2H3,(H,19,20,21)/t13-/m0/s1. The van der Waals surface area contributed by atoms with E-state index in [0.717, 1.165) is 35.4 Å². The number of imidazole rings is 1. The molecule has 3 heterocycles. The highest BCUT2D eigenvalue weighted by molar-refractivity contribution is 5.76. The summed E-state index contributed by atoms with van der Waals surface area (Å²) in [5, 5.41) is 12.9. The summed E-state index contributed by atoms with van der Waals surface area (Å²) in [5.74, 6) is 1.37. The van der Waals surface area contributed by atoms with Gasteiger partial charge in [0.15, 0.2) is 0 Å². The van der Waals surface area contributed by atoms with Crippen molar-refractivity contribution in [2.75, 3.05) is 23.3 Å². The molecular weight excluding hydrogens is 332 g/mol. The number of nitrogens with zero attached hydrogens (tertiary/aromatic N) is 5. The van der Waals surface area contributed by atoms with Crippen molar-refractivity contribution in [3.8, 4) is 0 Å². The van der Waals surface area contributed by atoms with E-state index in [0.29, 0.717) is 19.0 Å². The molecule has 1 aliphatic rings. The lowest BCUT2D eigenvalue weighted by atomic mass is 10.2. The van der Waals surface area contributed by atoms with E-state index in [1.807, 2.05) is 24.3 Å². The van der Waals surface area contributed by atoms with Crippen LogP contribution in [-0.2, 0) is 20.6 Å². The van der Waals surface area contributed by atoms with Crippen LogP contribution in [0.5, 0.6) is 0 Å². The number of benzene rings is 1. The summed E-state index contributed by atoms with van der Waals surface area (Å²) in [4.78, 5) is 22.9. The van der Waals surface area contributed by atoms with Crippen molar-refractivity contribution in [2.24, 2.45) is 14.1 Å². The summed E-state index contributed by atoms with van der Waals surface area (Å²) in [6.45, 7) is 1.97. The molecule has 136 valence electrons. The van der Waals surface area contributed by atoms with Gasteiger partial charge in [-0.1, -0.05) is 6.07 Å². The number of aromatic nitrogens is 4. The van der Waals surface area contributed by atoms with Crippen LogP contribution in [-0.4, -0.2) is 43.4 Å². The molecule has 0 radical (unpaired) electrons. The SMILES string of the molecule is Cn1c(=O)n(C)c2cc(CNc3nccc(N4CC[C@H](O)C4)n3)ccc21. The Morgan fingerprint density at radius 2 is 2.04 bits per heavy atom. The van der Waals surface area contributed by atoms with Crippen molar-refractivity contribution < 1.29 is 5.11 Å². The maximum Gasteiger partial charge on any atom is 0.328 e. The second-order valence-corrected chi connectivity index (χ2v) is 6.70. The third-order valence-electron chi connectivity index (χ3n) is 4.92. The zero-order valence-electron chi connectivity index (χ0n) is 14.9. The molecule has 0 aliphatic carbocycles. The Hall–Kier alpha value is -2.87. The molecule has 2 aromatic heterocycles. The summed E-state index contributed by atoms with van der Waals surface area (Å²) >= 11 is 0. The Balaban J connectivity index is 1.51. The number of aliphatic hydroxyl groups is 1. The molecule has 2 N–H and O–H groups in total. The minimum atomic E-state index is -0.286. The third-order valence-corrected chi connectivity index (χ3v) is 4.92.